The van der Waals surface area contributed by atoms with E-state index >= 15 is 0 Å². The lowest BCUT2D eigenvalue weighted by Crippen LogP contribution is -2.41. The normalized spacial score (nSPS) is 21.4. The fraction of sp³-hybridized carbons (Fsp3) is 0.481. The molecule has 2 aliphatic rings. The Morgan fingerprint density at radius 1 is 1.03 bits per heavy atom. The van der Waals surface area contributed by atoms with Crippen molar-refractivity contribution in [1.82, 2.24) is 25.2 Å². The minimum Gasteiger partial charge on any atom is -0.367 e. The standard InChI is InChI=1S/C27H33ClN6O2/c1-34-12-10-17(11-13-34)14-23(35)32-18-6-8-19(9-7-18)33-27-24-21(15-29-26(24)30-16-31-27)25(36)20-4-2-3-5-22(20)28/h2-5,15-19H,6-14H2,1H3,(H,32,35)(H2,29,30,31,33)/t18-,19-. The van der Waals surface area contributed by atoms with Crippen LogP contribution < -0.4 is 10.6 Å². The number of halogens is 1. The van der Waals surface area contributed by atoms with E-state index in [1.54, 1.807) is 30.5 Å². The Bertz CT molecular complexity index is 1230. The molecule has 0 radical (unpaired) electrons. The summed E-state index contributed by atoms with van der Waals surface area (Å²) in [5.41, 5.74) is 1.56. The number of piperidine rings is 1. The molecule has 190 valence electrons. The number of aromatic amines is 1. The summed E-state index contributed by atoms with van der Waals surface area (Å²) in [5.74, 6) is 1.17. The van der Waals surface area contributed by atoms with Gasteiger partial charge in [0.05, 0.1) is 16.0 Å². The first kappa shape index (κ1) is 24.7. The molecule has 0 atom stereocenters. The number of hydrogen-bond donors (Lipinski definition) is 3. The number of carbonyl (C=O) groups is 2. The van der Waals surface area contributed by atoms with Gasteiger partial charge in [-0.3, -0.25) is 9.59 Å². The lowest BCUT2D eigenvalue weighted by atomic mass is 9.90. The average molecular weight is 509 g/mol. The molecule has 2 aromatic heterocycles. The van der Waals surface area contributed by atoms with Crippen molar-refractivity contribution < 1.29 is 9.59 Å². The van der Waals surface area contributed by atoms with Gasteiger partial charge in [0.25, 0.3) is 0 Å². The number of nitrogens with one attached hydrogen (secondary N) is 3. The molecule has 36 heavy (non-hydrogen) atoms. The summed E-state index contributed by atoms with van der Waals surface area (Å²) in [6, 6.07) is 7.47. The van der Waals surface area contributed by atoms with Gasteiger partial charge in [0.2, 0.25) is 5.91 Å². The molecular formula is C27H33ClN6O2. The molecule has 1 aliphatic heterocycles. The Kier molecular flexibility index (Phi) is 7.53. The van der Waals surface area contributed by atoms with Crippen LogP contribution in [0.3, 0.4) is 0 Å². The number of benzene rings is 1. The predicted molar refractivity (Wildman–Crippen MR) is 141 cm³/mol. The molecular weight excluding hydrogens is 476 g/mol. The third kappa shape index (κ3) is 5.55. The summed E-state index contributed by atoms with van der Waals surface area (Å²) in [7, 11) is 2.14. The molecule has 9 heteroatoms. The van der Waals surface area contributed by atoms with Crippen molar-refractivity contribution in [1.29, 1.82) is 0 Å². The Morgan fingerprint density at radius 3 is 2.50 bits per heavy atom. The van der Waals surface area contributed by atoms with Gasteiger partial charge in [-0.15, -0.1) is 0 Å². The summed E-state index contributed by atoms with van der Waals surface area (Å²) in [5, 5.41) is 7.90. The molecule has 3 N–H and O–H groups in total. The predicted octanol–water partition coefficient (Wildman–Crippen LogP) is 4.41. The van der Waals surface area contributed by atoms with Crippen LogP contribution in [0.2, 0.25) is 5.02 Å². The highest BCUT2D eigenvalue weighted by atomic mass is 35.5. The molecule has 2 fully saturated rings. The molecule has 8 nitrogen and oxygen atoms in total. The van der Waals surface area contributed by atoms with Crippen molar-refractivity contribution in [3.63, 3.8) is 0 Å². The van der Waals surface area contributed by atoms with Gasteiger partial charge in [-0.05, 0) is 76.7 Å². The number of ketones is 1. The van der Waals surface area contributed by atoms with Gasteiger partial charge in [0.15, 0.2) is 5.78 Å². The number of aromatic nitrogens is 3. The molecule has 1 amide bonds. The summed E-state index contributed by atoms with van der Waals surface area (Å²) in [6.07, 6.45) is 9.70. The van der Waals surface area contributed by atoms with Crippen LogP contribution in [0.25, 0.3) is 11.0 Å². The SMILES string of the molecule is CN1CCC(CC(=O)N[C@H]2CC[C@H](Nc3ncnc4[nH]cc(C(=O)c5ccccc5Cl)c34)CC2)CC1. The first-order valence-corrected chi connectivity index (χ1v) is 13.2. The van der Waals surface area contributed by atoms with E-state index in [1.165, 1.54) is 6.33 Å². The van der Waals surface area contributed by atoms with Crippen molar-refractivity contribution >= 4 is 40.1 Å². The molecule has 1 saturated carbocycles. The van der Waals surface area contributed by atoms with Crippen molar-refractivity contribution in [2.24, 2.45) is 5.92 Å². The number of anilines is 1. The zero-order valence-electron chi connectivity index (χ0n) is 20.6. The third-order valence-corrected chi connectivity index (χ3v) is 7.91. The van der Waals surface area contributed by atoms with Crippen LogP contribution in [-0.2, 0) is 4.79 Å². The van der Waals surface area contributed by atoms with Gasteiger partial charge in [-0.2, -0.15) is 0 Å². The Balaban J connectivity index is 1.20. The number of fused-ring (bicyclic) bond motifs is 1. The molecule has 1 aromatic carbocycles. The average Bonchev–Trinajstić information content (AvgIpc) is 3.32. The smallest absolute Gasteiger partial charge is 0.220 e. The molecule has 1 saturated heterocycles. The fourth-order valence-corrected chi connectivity index (χ4v) is 5.65. The van der Waals surface area contributed by atoms with E-state index in [-0.39, 0.29) is 23.8 Å². The number of carbonyl (C=O) groups excluding carboxylic acids is 2. The van der Waals surface area contributed by atoms with Crippen molar-refractivity contribution in [3.8, 4) is 0 Å². The highest BCUT2D eigenvalue weighted by Gasteiger charge is 2.26. The van der Waals surface area contributed by atoms with Crippen molar-refractivity contribution in [2.75, 3.05) is 25.5 Å². The van der Waals surface area contributed by atoms with E-state index in [1.807, 2.05) is 0 Å². The molecule has 0 bridgehead atoms. The first-order valence-electron chi connectivity index (χ1n) is 12.8. The second-order valence-corrected chi connectivity index (χ2v) is 10.6. The van der Waals surface area contributed by atoms with E-state index in [4.69, 9.17) is 11.6 Å². The van der Waals surface area contributed by atoms with Crippen LogP contribution in [0.1, 0.15) is 60.9 Å². The lowest BCUT2D eigenvalue weighted by molar-refractivity contribution is -0.123. The van der Waals surface area contributed by atoms with Crippen molar-refractivity contribution in [3.05, 3.63) is 52.9 Å². The van der Waals surface area contributed by atoms with Crippen LogP contribution in [0.5, 0.6) is 0 Å². The fourth-order valence-electron chi connectivity index (χ4n) is 5.43. The number of amides is 1. The van der Waals surface area contributed by atoms with E-state index in [9.17, 15) is 9.59 Å². The summed E-state index contributed by atoms with van der Waals surface area (Å²) >= 11 is 6.28. The van der Waals surface area contributed by atoms with Crippen LogP contribution in [-0.4, -0.2) is 63.8 Å². The minimum atomic E-state index is -0.166. The second-order valence-electron chi connectivity index (χ2n) is 10.2. The number of nitrogens with zero attached hydrogens (tertiary/aromatic N) is 3. The maximum Gasteiger partial charge on any atom is 0.220 e. The number of hydrogen-bond acceptors (Lipinski definition) is 6. The van der Waals surface area contributed by atoms with E-state index in [2.05, 4.69) is 37.5 Å². The van der Waals surface area contributed by atoms with Gasteiger partial charge in [-0.25, -0.2) is 9.97 Å². The molecule has 1 aliphatic carbocycles. The highest BCUT2D eigenvalue weighted by Crippen LogP contribution is 2.30. The monoisotopic (exact) mass is 508 g/mol. The third-order valence-electron chi connectivity index (χ3n) is 7.58. The molecule has 0 spiro atoms. The first-order chi connectivity index (χ1) is 17.5. The van der Waals surface area contributed by atoms with E-state index in [0.717, 1.165) is 51.6 Å². The zero-order valence-corrected chi connectivity index (χ0v) is 21.4. The van der Waals surface area contributed by atoms with Gasteiger partial charge in [0, 0.05) is 30.3 Å². The second kappa shape index (κ2) is 11.0. The van der Waals surface area contributed by atoms with Crippen LogP contribution in [0.4, 0.5) is 5.82 Å². The Morgan fingerprint density at radius 2 is 1.75 bits per heavy atom. The summed E-state index contributed by atoms with van der Waals surface area (Å²) in [6.45, 7) is 2.16. The lowest BCUT2D eigenvalue weighted by Gasteiger charge is -2.31. The summed E-state index contributed by atoms with van der Waals surface area (Å²) in [4.78, 5) is 40.1. The Hall–Kier alpha value is -2.97. The number of likely N-dealkylation sites (tertiary alicyclic amines) is 1. The minimum absolute atomic E-state index is 0.166. The summed E-state index contributed by atoms with van der Waals surface area (Å²) < 4.78 is 0. The highest BCUT2D eigenvalue weighted by molar-refractivity contribution is 6.35. The quantitative estimate of drug-likeness (QED) is 0.408. The number of rotatable bonds is 7. The van der Waals surface area contributed by atoms with Gasteiger partial charge in [0.1, 0.15) is 17.8 Å². The largest absolute Gasteiger partial charge is 0.367 e. The maximum absolute atomic E-state index is 13.3. The van der Waals surface area contributed by atoms with Gasteiger partial charge >= 0.3 is 0 Å². The van der Waals surface area contributed by atoms with Gasteiger partial charge < -0.3 is 20.5 Å². The van der Waals surface area contributed by atoms with Crippen LogP contribution in [0.15, 0.2) is 36.8 Å². The molecule has 3 aromatic rings. The van der Waals surface area contributed by atoms with Crippen LogP contribution in [0, 0.1) is 5.92 Å². The topological polar surface area (TPSA) is 103 Å². The zero-order chi connectivity index (χ0) is 25.1. The number of H-pyrrole nitrogens is 1. The van der Waals surface area contributed by atoms with E-state index < -0.39 is 0 Å². The van der Waals surface area contributed by atoms with Crippen LogP contribution >= 0.6 is 11.6 Å². The van der Waals surface area contributed by atoms with Gasteiger partial charge in [-0.1, -0.05) is 23.7 Å². The Labute approximate surface area is 216 Å². The molecule has 5 rings (SSSR count). The van der Waals surface area contributed by atoms with Crippen molar-refractivity contribution in [2.45, 2.75) is 57.0 Å². The van der Waals surface area contributed by atoms with E-state index in [0.29, 0.717) is 45.3 Å². The molecule has 3 heterocycles. The molecule has 0 unspecified atom stereocenters. The maximum atomic E-state index is 13.3.